The molecule has 0 bridgehead atoms. The lowest BCUT2D eigenvalue weighted by atomic mass is 10.2. The number of nitriles is 1. The summed E-state index contributed by atoms with van der Waals surface area (Å²) in [4.78, 5) is 7.23. The maximum Gasteiger partial charge on any atom is 0.263 e. The molecule has 19 heavy (non-hydrogen) atoms. The second-order valence-electron chi connectivity index (χ2n) is 3.36. The maximum atomic E-state index is 13.8. The lowest BCUT2D eigenvalue weighted by Crippen LogP contribution is -1.99. The van der Waals surface area contributed by atoms with Crippen molar-refractivity contribution in [3.05, 3.63) is 40.9 Å². The van der Waals surface area contributed by atoms with Crippen LogP contribution in [0.1, 0.15) is 5.56 Å². The number of hydrogen-bond donors (Lipinski definition) is 0. The Kier molecular flexibility index (Phi) is 3.78. The molecule has 0 fully saturated rings. The van der Waals surface area contributed by atoms with Crippen molar-refractivity contribution in [2.45, 2.75) is 0 Å². The fraction of sp³-hybridized carbons (Fsp3) is 0.0833. The summed E-state index contributed by atoms with van der Waals surface area (Å²) >= 11 is 5.75. The number of nitrogens with zero attached hydrogens (tertiary/aromatic N) is 3. The number of benzene rings is 1. The van der Waals surface area contributed by atoms with E-state index >= 15 is 0 Å². The topological polar surface area (TPSA) is 68.0 Å². The minimum atomic E-state index is -0.844. The van der Waals surface area contributed by atoms with E-state index in [1.165, 1.54) is 25.3 Å². The van der Waals surface area contributed by atoms with Gasteiger partial charge < -0.3 is 9.47 Å². The molecule has 0 aliphatic heterocycles. The van der Waals surface area contributed by atoms with E-state index in [2.05, 4.69) is 9.97 Å². The average molecular weight is 280 g/mol. The third-order valence-electron chi connectivity index (χ3n) is 2.19. The molecule has 0 radical (unpaired) electrons. The third-order valence-corrected chi connectivity index (χ3v) is 2.42. The van der Waals surface area contributed by atoms with Crippen LogP contribution in [0.15, 0.2) is 24.5 Å². The molecular formula is C12H7ClFN3O2. The Morgan fingerprint density at radius 3 is 2.74 bits per heavy atom. The lowest BCUT2D eigenvalue weighted by Gasteiger charge is -2.08. The van der Waals surface area contributed by atoms with Gasteiger partial charge in [-0.15, -0.1) is 0 Å². The van der Waals surface area contributed by atoms with E-state index in [4.69, 9.17) is 26.3 Å². The van der Waals surface area contributed by atoms with Crippen molar-refractivity contribution in [3.8, 4) is 23.6 Å². The smallest absolute Gasteiger partial charge is 0.263 e. The van der Waals surface area contributed by atoms with Gasteiger partial charge in [-0.2, -0.15) is 19.6 Å². The van der Waals surface area contributed by atoms with Gasteiger partial charge in [0.15, 0.2) is 0 Å². The number of hydrogen-bond acceptors (Lipinski definition) is 5. The van der Waals surface area contributed by atoms with Crippen molar-refractivity contribution in [3.63, 3.8) is 0 Å². The number of rotatable bonds is 3. The fourth-order valence-corrected chi connectivity index (χ4v) is 1.51. The van der Waals surface area contributed by atoms with E-state index < -0.39 is 5.82 Å². The van der Waals surface area contributed by atoms with E-state index in [0.717, 1.165) is 6.33 Å². The van der Waals surface area contributed by atoms with E-state index in [1.807, 2.05) is 6.07 Å². The largest absolute Gasteiger partial charge is 0.479 e. The zero-order valence-electron chi connectivity index (χ0n) is 9.72. The van der Waals surface area contributed by atoms with E-state index in [-0.39, 0.29) is 23.1 Å². The van der Waals surface area contributed by atoms with Crippen LogP contribution >= 0.6 is 11.6 Å². The molecule has 0 aliphatic carbocycles. The van der Waals surface area contributed by atoms with Crippen LogP contribution in [0.25, 0.3) is 0 Å². The third kappa shape index (κ3) is 2.72. The molecule has 0 atom stereocenters. The van der Waals surface area contributed by atoms with Crippen molar-refractivity contribution in [1.82, 2.24) is 9.97 Å². The van der Waals surface area contributed by atoms with E-state index in [9.17, 15) is 4.39 Å². The Balaban J connectivity index is 2.40. The highest BCUT2D eigenvalue weighted by molar-refractivity contribution is 6.30. The molecular weight excluding hydrogens is 273 g/mol. The molecule has 0 spiro atoms. The molecule has 96 valence electrons. The van der Waals surface area contributed by atoms with Gasteiger partial charge >= 0.3 is 0 Å². The average Bonchev–Trinajstić information content (AvgIpc) is 2.42. The summed E-state index contributed by atoms with van der Waals surface area (Å²) in [7, 11) is 1.28. The predicted octanol–water partition coefficient (Wildman–Crippen LogP) is 2.94. The van der Waals surface area contributed by atoms with Gasteiger partial charge in [0.25, 0.3) is 11.8 Å². The first-order chi connectivity index (χ1) is 9.15. The van der Waals surface area contributed by atoms with Crippen molar-refractivity contribution in [2.75, 3.05) is 7.11 Å². The lowest BCUT2D eigenvalue weighted by molar-refractivity contribution is 0.344. The van der Waals surface area contributed by atoms with Crippen molar-refractivity contribution < 1.29 is 13.9 Å². The monoisotopic (exact) mass is 279 g/mol. The molecule has 0 saturated heterocycles. The summed E-state index contributed by atoms with van der Waals surface area (Å²) < 4.78 is 23.7. The summed E-state index contributed by atoms with van der Waals surface area (Å²) in [6, 6.07) is 6.28. The molecule has 1 aromatic heterocycles. The van der Waals surface area contributed by atoms with Crippen LogP contribution in [0, 0.1) is 17.1 Å². The minimum Gasteiger partial charge on any atom is -0.479 e. The number of halogens is 2. The van der Waals surface area contributed by atoms with Gasteiger partial charge in [0.05, 0.1) is 12.7 Å². The van der Waals surface area contributed by atoms with Crippen LogP contribution in [-0.2, 0) is 0 Å². The second-order valence-corrected chi connectivity index (χ2v) is 3.79. The van der Waals surface area contributed by atoms with E-state index in [0.29, 0.717) is 5.02 Å². The molecule has 2 rings (SSSR count). The van der Waals surface area contributed by atoms with Crippen LogP contribution < -0.4 is 9.47 Å². The summed E-state index contributed by atoms with van der Waals surface area (Å²) in [5.74, 6) is -1.27. The zero-order chi connectivity index (χ0) is 13.8. The summed E-state index contributed by atoms with van der Waals surface area (Å²) in [5.41, 5.74) is 0.171. The first kappa shape index (κ1) is 13.1. The number of ether oxygens (including phenoxy) is 2. The molecule has 0 aliphatic rings. The number of aromatic nitrogens is 2. The van der Waals surface area contributed by atoms with Crippen LogP contribution in [0.2, 0.25) is 5.02 Å². The molecule has 5 nitrogen and oxygen atoms in total. The van der Waals surface area contributed by atoms with Crippen LogP contribution in [0.3, 0.4) is 0 Å². The standard InChI is InChI=1S/C12H7ClFN3O2/c1-18-11-10(14)12(17-6-16-11)19-9-3-2-8(13)4-7(9)5-15/h2-4,6H,1H3. The summed E-state index contributed by atoms with van der Waals surface area (Å²) in [6.07, 6.45) is 1.10. The van der Waals surface area contributed by atoms with Gasteiger partial charge in [0.1, 0.15) is 18.1 Å². The van der Waals surface area contributed by atoms with Crippen molar-refractivity contribution >= 4 is 11.6 Å². The fourth-order valence-electron chi connectivity index (χ4n) is 1.33. The highest BCUT2D eigenvalue weighted by atomic mass is 35.5. The molecule has 0 saturated carbocycles. The van der Waals surface area contributed by atoms with Crippen LogP contribution in [-0.4, -0.2) is 17.1 Å². The van der Waals surface area contributed by atoms with Gasteiger partial charge in [-0.1, -0.05) is 11.6 Å². The molecule has 1 heterocycles. The number of methoxy groups -OCH3 is 1. The zero-order valence-corrected chi connectivity index (χ0v) is 10.5. The Morgan fingerprint density at radius 1 is 1.32 bits per heavy atom. The van der Waals surface area contributed by atoms with Crippen molar-refractivity contribution in [2.24, 2.45) is 0 Å². The summed E-state index contributed by atoms with van der Waals surface area (Å²) in [5, 5.41) is 9.33. The highest BCUT2D eigenvalue weighted by Crippen LogP contribution is 2.29. The maximum absolute atomic E-state index is 13.8. The van der Waals surface area contributed by atoms with Gasteiger partial charge in [0, 0.05) is 5.02 Å². The first-order valence-corrected chi connectivity index (χ1v) is 5.45. The summed E-state index contributed by atoms with van der Waals surface area (Å²) in [6.45, 7) is 0. The molecule has 0 unspecified atom stereocenters. The van der Waals surface area contributed by atoms with Gasteiger partial charge in [-0.3, -0.25) is 0 Å². The quantitative estimate of drug-likeness (QED) is 0.864. The second kappa shape index (κ2) is 5.50. The molecule has 1 aromatic carbocycles. The van der Waals surface area contributed by atoms with Gasteiger partial charge in [0.2, 0.25) is 5.82 Å². The van der Waals surface area contributed by atoms with Crippen LogP contribution in [0.5, 0.6) is 17.5 Å². The van der Waals surface area contributed by atoms with E-state index in [1.54, 1.807) is 0 Å². The van der Waals surface area contributed by atoms with Crippen molar-refractivity contribution in [1.29, 1.82) is 5.26 Å². The van der Waals surface area contributed by atoms with Crippen LogP contribution in [0.4, 0.5) is 4.39 Å². The SMILES string of the molecule is COc1ncnc(Oc2ccc(Cl)cc2C#N)c1F. The predicted molar refractivity (Wildman–Crippen MR) is 64.8 cm³/mol. The minimum absolute atomic E-state index is 0.145. The Morgan fingerprint density at radius 2 is 2.05 bits per heavy atom. The van der Waals surface area contributed by atoms with Gasteiger partial charge in [-0.25, -0.2) is 0 Å². The Bertz CT molecular complexity index is 658. The molecule has 0 amide bonds. The Labute approximate surface area is 113 Å². The van der Waals surface area contributed by atoms with Gasteiger partial charge in [-0.05, 0) is 18.2 Å². The Hall–Kier alpha value is -2.39. The first-order valence-electron chi connectivity index (χ1n) is 5.07. The normalized spacial score (nSPS) is 9.79. The molecule has 2 aromatic rings. The molecule has 0 N–H and O–H groups in total. The molecule has 7 heteroatoms. The highest BCUT2D eigenvalue weighted by Gasteiger charge is 2.15.